The molecule has 24 heavy (non-hydrogen) atoms. The molecular formula is C18H15ClN2O2S. The summed E-state index contributed by atoms with van der Waals surface area (Å²) in [7, 11) is 1.64. The van der Waals surface area contributed by atoms with E-state index in [0.717, 1.165) is 11.1 Å². The van der Waals surface area contributed by atoms with Crippen molar-refractivity contribution in [3.8, 4) is 5.75 Å². The number of hydrogen-bond donors (Lipinski definition) is 1. The predicted molar refractivity (Wildman–Crippen MR) is 98.7 cm³/mol. The fourth-order valence-electron chi connectivity index (χ4n) is 2.25. The van der Waals surface area contributed by atoms with Crippen LogP contribution in [0.4, 0.5) is 0 Å². The summed E-state index contributed by atoms with van der Waals surface area (Å²) in [6, 6.07) is 15.0. The lowest BCUT2D eigenvalue weighted by molar-refractivity contribution is -0.121. The van der Waals surface area contributed by atoms with Crippen LogP contribution in [0.1, 0.15) is 11.1 Å². The molecule has 2 aromatic carbocycles. The lowest BCUT2D eigenvalue weighted by atomic mass is 10.1. The third kappa shape index (κ3) is 3.58. The molecule has 1 amide bonds. The number of halogens is 1. The first-order valence-electron chi connectivity index (χ1n) is 7.31. The second-order valence-electron chi connectivity index (χ2n) is 5.31. The highest BCUT2D eigenvalue weighted by Crippen LogP contribution is 2.23. The van der Waals surface area contributed by atoms with Gasteiger partial charge < -0.3 is 10.1 Å². The van der Waals surface area contributed by atoms with E-state index < -0.39 is 0 Å². The SMILES string of the molecule is CN1C(=O)C(=Cc2ccccc2OCc2ccc(Cl)cc2)NC1=S. The van der Waals surface area contributed by atoms with Gasteiger partial charge in [0, 0.05) is 17.6 Å². The van der Waals surface area contributed by atoms with Crippen molar-refractivity contribution in [3.05, 3.63) is 70.4 Å². The minimum Gasteiger partial charge on any atom is -0.488 e. The van der Waals surface area contributed by atoms with E-state index in [9.17, 15) is 4.79 Å². The van der Waals surface area contributed by atoms with Gasteiger partial charge in [-0.3, -0.25) is 9.69 Å². The highest BCUT2D eigenvalue weighted by molar-refractivity contribution is 7.80. The number of likely N-dealkylation sites (N-methyl/N-ethyl adjacent to an activating group) is 1. The molecule has 6 heteroatoms. The van der Waals surface area contributed by atoms with Crippen molar-refractivity contribution in [1.29, 1.82) is 0 Å². The van der Waals surface area contributed by atoms with Crippen molar-refractivity contribution >= 4 is 40.9 Å². The third-order valence-corrected chi connectivity index (χ3v) is 4.24. The number of amides is 1. The van der Waals surface area contributed by atoms with E-state index in [4.69, 9.17) is 28.6 Å². The number of benzene rings is 2. The molecule has 0 radical (unpaired) electrons. The largest absolute Gasteiger partial charge is 0.488 e. The van der Waals surface area contributed by atoms with Crippen LogP contribution in [0.2, 0.25) is 5.02 Å². The second-order valence-corrected chi connectivity index (χ2v) is 6.13. The van der Waals surface area contributed by atoms with Gasteiger partial charge in [-0.1, -0.05) is 41.9 Å². The fourth-order valence-corrected chi connectivity index (χ4v) is 2.57. The van der Waals surface area contributed by atoms with E-state index in [1.807, 2.05) is 48.5 Å². The summed E-state index contributed by atoms with van der Waals surface area (Å²) >= 11 is 11.0. The molecule has 1 heterocycles. The van der Waals surface area contributed by atoms with Crippen molar-refractivity contribution < 1.29 is 9.53 Å². The van der Waals surface area contributed by atoms with Crippen LogP contribution in [-0.4, -0.2) is 23.0 Å². The first kappa shape index (κ1) is 16.5. The molecule has 0 atom stereocenters. The Morgan fingerprint density at radius 2 is 1.92 bits per heavy atom. The average molecular weight is 359 g/mol. The Hall–Kier alpha value is -2.37. The Labute approximate surface area is 150 Å². The van der Waals surface area contributed by atoms with Crippen molar-refractivity contribution in [2.24, 2.45) is 0 Å². The number of nitrogens with zero attached hydrogens (tertiary/aromatic N) is 1. The van der Waals surface area contributed by atoms with Crippen LogP contribution in [0.3, 0.4) is 0 Å². The van der Waals surface area contributed by atoms with E-state index in [2.05, 4.69) is 5.32 Å². The summed E-state index contributed by atoms with van der Waals surface area (Å²) in [6.45, 7) is 0.414. The van der Waals surface area contributed by atoms with Crippen LogP contribution < -0.4 is 10.1 Å². The molecule has 4 nitrogen and oxygen atoms in total. The van der Waals surface area contributed by atoms with E-state index in [1.54, 1.807) is 13.1 Å². The Kier molecular flexibility index (Phi) is 4.83. The Balaban J connectivity index is 1.79. The average Bonchev–Trinajstić information content (AvgIpc) is 2.82. The van der Waals surface area contributed by atoms with Crippen molar-refractivity contribution in [3.63, 3.8) is 0 Å². The predicted octanol–water partition coefficient (Wildman–Crippen LogP) is 3.61. The first-order valence-corrected chi connectivity index (χ1v) is 8.10. The Bertz CT molecular complexity index is 818. The number of carbonyl (C=O) groups is 1. The highest BCUT2D eigenvalue weighted by atomic mass is 35.5. The number of hydrogen-bond acceptors (Lipinski definition) is 3. The molecule has 0 saturated carbocycles. The maximum atomic E-state index is 12.1. The third-order valence-electron chi connectivity index (χ3n) is 3.61. The number of para-hydroxylation sites is 1. The topological polar surface area (TPSA) is 41.6 Å². The molecule has 0 unspecified atom stereocenters. The maximum absolute atomic E-state index is 12.1. The highest BCUT2D eigenvalue weighted by Gasteiger charge is 2.27. The van der Waals surface area contributed by atoms with E-state index in [-0.39, 0.29) is 5.91 Å². The molecule has 0 aliphatic carbocycles. The zero-order valence-electron chi connectivity index (χ0n) is 13.0. The second kappa shape index (κ2) is 7.03. The molecule has 1 fully saturated rings. The molecule has 1 aliphatic rings. The van der Waals surface area contributed by atoms with Crippen LogP contribution in [0.25, 0.3) is 6.08 Å². The van der Waals surface area contributed by atoms with Gasteiger partial charge in [0.15, 0.2) is 5.11 Å². The first-order chi connectivity index (χ1) is 11.5. The number of carbonyl (C=O) groups excluding carboxylic acids is 1. The fraction of sp³-hybridized carbons (Fsp3) is 0.111. The van der Waals surface area contributed by atoms with E-state index in [1.165, 1.54) is 4.90 Å². The standard InChI is InChI=1S/C18H15ClN2O2S/c1-21-17(22)15(20-18(21)24)10-13-4-2-3-5-16(13)23-11-12-6-8-14(19)9-7-12/h2-10H,11H2,1H3,(H,20,24). The molecule has 1 N–H and O–H groups in total. The molecule has 122 valence electrons. The smallest absolute Gasteiger partial charge is 0.276 e. The summed E-state index contributed by atoms with van der Waals surface area (Å²) in [5.41, 5.74) is 2.25. The van der Waals surface area contributed by atoms with Crippen LogP contribution in [0, 0.1) is 0 Å². The Morgan fingerprint density at radius 1 is 1.21 bits per heavy atom. The summed E-state index contributed by atoms with van der Waals surface area (Å²) in [4.78, 5) is 13.5. The van der Waals surface area contributed by atoms with Gasteiger partial charge in [-0.25, -0.2) is 0 Å². The van der Waals surface area contributed by atoms with Gasteiger partial charge in [0.25, 0.3) is 5.91 Å². The molecule has 0 spiro atoms. The Morgan fingerprint density at radius 3 is 2.58 bits per heavy atom. The zero-order valence-corrected chi connectivity index (χ0v) is 14.5. The van der Waals surface area contributed by atoms with Gasteiger partial charge in [-0.2, -0.15) is 0 Å². The molecule has 3 rings (SSSR count). The van der Waals surface area contributed by atoms with Crippen LogP contribution in [0.15, 0.2) is 54.2 Å². The summed E-state index contributed by atoms with van der Waals surface area (Å²) < 4.78 is 5.89. The van der Waals surface area contributed by atoms with Gasteiger partial charge in [-0.05, 0) is 42.1 Å². The molecule has 1 saturated heterocycles. The molecule has 1 aliphatic heterocycles. The van der Waals surface area contributed by atoms with Crippen molar-refractivity contribution in [1.82, 2.24) is 10.2 Å². The van der Waals surface area contributed by atoms with Crippen molar-refractivity contribution in [2.45, 2.75) is 6.61 Å². The number of nitrogens with one attached hydrogen (secondary N) is 1. The monoisotopic (exact) mass is 358 g/mol. The van der Waals surface area contributed by atoms with Crippen molar-refractivity contribution in [2.75, 3.05) is 7.05 Å². The minimum absolute atomic E-state index is 0.160. The van der Waals surface area contributed by atoms with Crippen LogP contribution >= 0.6 is 23.8 Å². The molecule has 2 aromatic rings. The molecule has 0 aromatic heterocycles. The summed E-state index contributed by atoms with van der Waals surface area (Å²) in [5.74, 6) is 0.530. The lowest BCUT2D eigenvalue weighted by Crippen LogP contribution is -2.25. The zero-order chi connectivity index (χ0) is 17.1. The van der Waals surface area contributed by atoms with Gasteiger partial charge >= 0.3 is 0 Å². The van der Waals surface area contributed by atoms with Gasteiger partial charge in [0.05, 0.1) is 0 Å². The van der Waals surface area contributed by atoms with Crippen LogP contribution in [-0.2, 0) is 11.4 Å². The normalized spacial score (nSPS) is 15.8. The molecular weight excluding hydrogens is 344 g/mol. The number of thiocarbonyl (C=S) groups is 1. The van der Waals surface area contributed by atoms with E-state index >= 15 is 0 Å². The van der Waals surface area contributed by atoms with Gasteiger partial charge in [0.2, 0.25) is 0 Å². The van der Waals surface area contributed by atoms with Crippen LogP contribution in [0.5, 0.6) is 5.75 Å². The quantitative estimate of drug-likeness (QED) is 0.669. The van der Waals surface area contributed by atoms with E-state index in [0.29, 0.717) is 28.2 Å². The maximum Gasteiger partial charge on any atom is 0.276 e. The minimum atomic E-state index is -0.160. The summed E-state index contributed by atoms with van der Waals surface area (Å²) in [5, 5.41) is 3.99. The summed E-state index contributed by atoms with van der Waals surface area (Å²) in [6.07, 6.45) is 1.75. The number of rotatable bonds is 4. The molecule has 0 bridgehead atoms. The lowest BCUT2D eigenvalue weighted by Gasteiger charge is -2.10. The number of ether oxygens (including phenoxy) is 1. The van der Waals surface area contributed by atoms with Gasteiger partial charge in [-0.15, -0.1) is 0 Å². The van der Waals surface area contributed by atoms with Gasteiger partial charge in [0.1, 0.15) is 18.1 Å².